The Labute approximate surface area is 195 Å². The highest BCUT2D eigenvalue weighted by molar-refractivity contribution is 6.35. The summed E-state index contributed by atoms with van der Waals surface area (Å²) in [6, 6.07) is 5.59. The normalized spacial score (nSPS) is 21.6. The fourth-order valence-electron chi connectivity index (χ4n) is 3.77. The average molecular weight is 461 g/mol. The van der Waals surface area contributed by atoms with Gasteiger partial charge < -0.3 is 9.64 Å². The molecule has 0 radical (unpaired) electrons. The number of hydrogen-bond acceptors (Lipinski definition) is 4. The number of benzene rings is 1. The molecular formula is C24H30Cl2N4O. The Morgan fingerprint density at radius 2 is 2.16 bits per heavy atom. The molecule has 1 fully saturated rings. The van der Waals surface area contributed by atoms with Crippen LogP contribution in [0, 0.1) is 17.3 Å². The zero-order valence-electron chi connectivity index (χ0n) is 18.6. The molecule has 5 nitrogen and oxygen atoms in total. The van der Waals surface area contributed by atoms with Gasteiger partial charge in [-0.15, -0.1) is 0 Å². The zero-order chi connectivity index (χ0) is 22.5. The van der Waals surface area contributed by atoms with E-state index in [4.69, 9.17) is 27.9 Å². The predicted molar refractivity (Wildman–Crippen MR) is 126 cm³/mol. The smallest absolute Gasteiger partial charge is 0.137 e. The van der Waals surface area contributed by atoms with Crippen molar-refractivity contribution in [1.29, 1.82) is 0 Å². The summed E-state index contributed by atoms with van der Waals surface area (Å²) in [7, 11) is 2.09. The van der Waals surface area contributed by atoms with Crippen molar-refractivity contribution in [2.45, 2.75) is 51.9 Å². The number of rotatable bonds is 7. The predicted octanol–water partition coefficient (Wildman–Crippen LogP) is 5.20. The summed E-state index contributed by atoms with van der Waals surface area (Å²) in [6.07, 6.45) is 9.14. The Kier molecular flexibility index (Phi) is 7.82. The summed E-state index contributed by atoms with van der Waals surface area (Å²) in [5.74, 6) is 6.33. The standard InChI is InChI=1S/C24H30Cl2N4O/c1-23(2,3)11-6-5-7-13-29(4)15-20-10-12-24(31-20,16-30-18-27-17-28-30)21-9-8-19(25)14-22(21)26/h5,7-9,14,17-18,20H,10,12-13,15-16H2,1-4H3/t20-,24+/m0/s1. The van der Waals surface area contributed by atoms with Crippen molar-refractivity contribution in [1.82, 2.24) is 19.7 Å². The first kappa shape index (κ1) is 23.8. The minimum atomic E-state index is -0.561. The summed E-state index contributed by atoms with van der Waals surface area (Å²) in [4.78, 5) is 6.32. The molecule has 0 bridgehead atoms. The maximum atomic E-state index is 6.66. The van der Waals surface area contributed by atoms with Crippen molar-refractivity contribution in [2.75, 3.05) is 20.1 Å². The van der Waals surface area contributed by atoms with Gasteiger partial charge in [-0.3, -0.25) is 0 Å². The zero-order valence-corrected chi connectivity index (χ0v) is 20.1. The first-order valence-corrected chi connectivity index (χ1v) is 11.2. The molecule has 0 aliphatic carbocycles. The number of ether oxygens (including phenoxy) is 1. The highest BCUT2D eigenvalue weighted by atomic mass is 35.5. The van der Waals surface area contributed by atoms with E-state index in [1.54, 1.807) is 17.1 Å². The monoisotopic (exact) mass is 460 g/mol. The lowest BCUT2D eigenvalue weighted by atomic mass is 9.90. The van der Waals surface area contributed by atoms with Gasteiger partial charge in [0.25, 0.3) is 0 Å². The van der Waals surface area contributed by atoms with Crippen LogP contribution < -0.4 is 0 Å². The van der Waals surface area contributed by atoms with Crippen LogP contribution in [-0.2, 0) is 16.9 Å². The molecule has 1 aromatic carbocycles. The van der Waals surface area contributed by atoms with Gasteiger partial charge in [0.1, 0.15) is 18.3 Å². The van der Waals surface area contributed by atoms with Crippen molar-refractivity contribution in [3.63, 3.8) is 0 Å². The topological polar surface area (TPSA) is 43.2 Å². The van der Waals surface area contributed by atoms with Crippen LogP contribution in [0.4, 0.5) is 0 Å². The number of likely N-dealkylation sites (N-methyl/N-ethyl adjacent to an activating group) is 1. The molecule has 1 saturated heterocycles. The van der Waals surface area contributed by atoms with Crippen LogP contribution in [0.1, 0.15) is 39.2 Å². The quantitative estimate of drug-likeness (QED) is 0.532. The fraction of sp³-hybridized carbons (Fsp3) is 0.500. The van der Waals surface area contributed by atoms with Gasteiger partial charge in [0.15, 0.2) is 0 Å². The minimum Gasteiger partial charge on any atom is -0.364 e. The van der Waals surface area contributed by atoms with Gasteiger partial charge in [0.2, 0.25) is 0 Å². The molecule has 0 N–H and O–H groups in total. The Morgan fingerprint density at radius 3 is 2.84 bits per heavy atom. The van der Waals surface area contributed by atoms with Crippen molar-refractivity contribution in [2.24, 2.45) is 5.41 Å². The van der Waals surface area contributed by atoms with Crippen LogP contribution in [0.15, 0.2) is 43.0 Å². The van der Waals surface area contributed by atoms with Crippen molar-refractivity contribution < 1.29 is 4.74 Å². The van der Waals surface area contributed by atoms with Gasteiger partial charge in [-0.2, -0.15) is 5.10 Å². The highest BCUT2D eigenvalue weighted by Gasteiger charge is 2.43. The van der Waals surface area contributed by atoms with Crippen molar-refractivity contribution in [3.05, 3.63) is 58.6 Å². The second-order valence-electron chi connectivity index (χ2n) is 9.13. The second-order valence-corrected chi connectivity index (χ2v) is 9.98. The largest absolute Gasteiger partial charge is 0.364 e. The van der Waals surface area contributed by atoms with E-state index in [9.17, 15) is 0 Å². The van der Waals surface area contributed by atoms with E-state index >= 15 is 0 Å². The van der Waals surface area contributed by atoms with Crippen LogP contribution in [-0.4, -0.2) is 45.9 Å². The Morgan fingerprint density at radius 1 is 1.35 bits per heavy atom. The van der Waals surface area contributed by atoms with Gasteiger partial charge in [0, 0.05) is 34.1 Å². The van der Waals surface area contributed by atoms with E-state index in [-0.39, 0.29) is 11.5 Å². The Bertz CT molecular complexity index is 956. The maximum absolute atomic E-state index is 6.66. The molecule has 0 amide bonds. The first-order valence-electron chi connectivity index (χ1n) is 10.5. The Balaban J connectivity index is 1.68. The average Bonchev–Trinajstić information content (AvgIpc) is 3.31. The molecule has 2 aromatic rings. The molecule has 2 heterocycles. The molecule has 1 aromatic heterocycles. The third-order valence-electron chi connectivity index (χ3n) is 5.15. The highest BCUT2D eigenvalue weighted by Crippen LogP contribution is 2.44. The fourth-order valence-corrected chi connectivity index (χ4v) is 4.35. The number of allylic oxidation sites excluding steroid dienone is 1. The van der Waals surface area contributed by atoms with Crippen LogP contribution in [0.25, 0.3) is 0 Å². The molecule has 3 rings (SSSR count). The molecule has 2 atom stereocenters. The van der Waals surface area contributed by atoms with Crippen LogP contribution in [0.5, 0.6) is 0 Å². The lowest BCUT2D eigenvalue weighted by Gasteiger charge is -2.31. The van der Waals surface area contributed by atoms with Crippen LogP contribution in [0.3, 0.4) is 0 Å². The van der Waals surface area contributed by atoms with Gasteiger partial charge in [-0.1, -0.05) is 47.2 Å². The lowest BCUT2D eigenvalue weighted by molar-refractivity contribution is -0.0658. The number of hydrogen-bond donors (Lipinski definition) is 0. The summed E-state index contributed by atoms with van der Waals surface area (Å²) >= 11 is 12.7. The van der Waals surface area contributed by atoms with Gasteiger partial charge in [0.05, 0.1) is 12.6 Å². The first-order chi connectivity index (χ1) is 14.7. The third kappa shape index (κ3) is 6.82. The van der Waals surface area contributed by atoms with Crippen molar-refractivity contribution in [3.8, 4) is 11.8 Å². The minimum absolute atomic E-state index is 0.0181. The third-order valence-corrected chi connectivity index (χ3v) is 5.70. The van der Waals surface area contributed by atoms with Crippen LogP contribution in [0.2, 0.25) is 10.0 Å². The molecule has 166 valence electrons. The molecule has 31 heavy (non-hydrogen) atoms. The van der Waals surface area contributed by atoms with Gasteiger partial charge >= 0.3 is 0 Å². The van der Waals surface area contributed by atoms with Gasteiger partial charge in [-0.05, 0) is 58.9 Å². The summed E-state index contributed by atoms with van der Waals surface area (Å²) in [5.41, 5.74) is 0.399. The lowest BCUT2D eigenvalue weighted by Crippen LogP contribution is -2.35. The number of nitrogens with zero attached hydrogens (tertiary/aromatic N) is 4. The Hall–Kier alpha value is -1.84. The maximum Gasteiger partial charge on any atom is 0.137 e. The molecule has 0 spiro atoms. The molecule has 0 saturated carbocycles. The van der Waals surface area contributed by atoms with Gasteiger partial charge in [-0.25, -0.2) is 9.67 Å². The van der Waals surface area contributed by atoms with Crippen LogP contribution >= 0.6 is 23.2 Å². The molecule has 1 aliphatic rings. The van der Waals surface area contributed by atoms with E-state index in [1.165, 1.54) is 6.33 Å². The molecular weight excluding hydrogens is 431 g/mol. The number of halogens is 2. The number of aromatic nitrogens is 3. The summed E-state index contributed by atoms with van der Waals surface area (Å²) in [6.45, 7) is 8.51. The van der Waals surface area contributed by atoms with E-state index in [0.717, 1.165) is 31.5 Å². The summed E-state index contributed by atoms with van der Waals surface area (Å²) < 4.78 is 8.46. The molecule has 7 heteroatoms. The van der Waals surface area contributed by atoms with E-state index in [1.807, 2.05) is 18.2 Å². The van der Waals surface area contributed by atoms with E-state index in [2.05, 4.69) is 60.7 Å². The van der Waals surface area contributed by atoms with Crippen molar-refractivity contribution >= 4 is 23.2 Å². The molecule has 0 unspecified atom stereocenters. The second kappa shape index (κ2) is 10.2. The summed E-state index contributed by atoms with van der Waals surface area (Å²) in [5, 5.41) is 5.51. The van der Waals surface area contributed by atoms with E-state index < -0.39 is 5.60 Å². The SMILES string of the molecule is CN(CC=CC#CC(C)(C)C)C[C@@H]1CC[C@@](Cn2cncn2)(c2ccc(Cl)cc2Cl)O1. The van der Waals surface area contributed by atoms with E-state index in [0.29, 0.717) is 16.6 Å². The molecule has 1 aliphatic heterocycles.